The summed E-state index contributed by atoms with van der Waals surface area (Å²) >= 11 is 12.3. The molecule has 0 unspecified atom stereocenters. The molecule has 1 N–H and O–H groups in total. The molecule has 0 spiro atoms. The predicted octanol–water partition coefficient (Wildman–Crippen LogP) is 5.01. The van der Waals surface area contributed by atoms with Gasteiger partial charge in [0.25, 0.3) is 0 Å². The van der Waals surface area contributed by atoms with Crippen molar-refractivity contribution in [3.8, 4) is 0 Å². The van der Waals surface area contributed by atoms with Crippen molar-refractivity contribution in [1.82, 2.24) is 10.2 Å². The highest BCUT2D eigenvalue weighted by molar-refractivity contribution is 6.31. The second-order valence-electron chi connectivity index (χ2n) is 6.98. The molecule has 0 saturated carbocycles. The molecule has 0 aliphatic carbocycles. The molecule has 2 aromatic carbocycles. The first-order valence-electron chi connectivity index (χ1n) is 9.50. The Hall–Kier alpha value is -2.11. The van der Waals surface area contributed by atoms with Crippen LogP contribution in [0.1, 0.15) is 38.3 Å². The summed E-state index contributed by atoms with van der Waals surface area (Å²) in [4.78, 5) is 27.2. The standard InChI is InChI=1S/C22H25Cl2FN2O2/c1-4-14(2)26-22(29)15(3)27(13-16-8-5-6-9-18(16)23)21(28)12-17-19(24)10-7-11-20(17)25/h5-11,14-15H,4,12-13H2,1-3H3,(H,26,29)/t14-,15-/m1/s1. The molecule has 0 fully saturated rings. The third kappa shape index (κ3) is 6.18. The van der Waals surface area contributed by atoms with Gasteiger partial charge in [-0.15, -0.1) is 0 Å². The number of hydrogen-bond donors (Lipinski definition) is 1. The minimum absolute atomic E-state index is 0.0248. The Labute approximate surface area is 181 Å². The summed E-state index contributed by atoms with van der Waals surface area (Å²) < 4.78 is 14.2. The van der Waals surface area contributed by atoms with E-state index in [1.807, 2.05) is 19.9 Å². The molecule has 4 nitrogen and oxygen atoms in total. The number of carbonyl (C=O) groups excluding carboxylic acids is 2. The third-order valence-corrected chi connectivity index (χ3v) is 5.58. The minimum Gasteiger partial charge on any atom is -0.352 e. The number of nitrogens with zero attached hydrogens (tertiary/aromatic N) is 1. The van der Waals surface area contributed by atoms with Gasteiger partial charge in [-0.2, -0.15) is 0 Å². The van der Waals surface area contributed by atoms with Crippen LogP contribution in [0.15, 0.2) is 42.5 Å². The van der Waals surface area contributed by atoms with Crippen molar-refractivity contribution < 1.29 is 14.0 Å². The second kappa shape index (κ2) is 10.6. The molecule has 0 aliphatic rings. The first kappa shape index (κ1) is 23.2. The average Bonchev–Trinajstić information content (AvgIpc) is 2.69. The van der Waals surface area contributed by atoms with E-state index < -0.39 is 17.8 Å². The van der Waals surface area contributed by atoms with E-state index in [0.717, 1.165) is 6.42 Å². The lowest BCUT2D eigenvalue weighted by Crippen LogP contribution is -2.50. The van der Waals surface area contributed by atoms with Crippen LogP contribution < -0.4 is 5.32 Å². The van der Waals surface area contributed by atoms with E-state index in [2.05, 4.69) is 5.32 Å². The molecular weight excluding hydrogens is 414 g/mol. The molecule has 0 aromatic heterocycles. The largest absolute Gasteiger partial charge is 0.352 e. The number of hydrogen-bond acceptors (Lipinski definition) is 2. The van der Waals surface area contributed by atoms with E-state index >= 15 is 0 Å². The molecule has 2 aromatic rings. The third-order valence-electron chi connectivity index (χ3n) is 4.86. The SMILES string of the molecule is CC[C@@H](C)NC(=O)[C@@H](C)N(Cc1ccccc1Cl)C(=O)Cc1c(F)cccc1Cl. The van der Waals surface area contributed by atoms with E-state index in [1.165, 1.54) is 23.1 Å². The van der Waals surface area contributed by atoms with E-state index in [4.69, 9.17) is 23.2 Å². The maximum atomic E-state index is 14.2. The number of benzene rings is 2. The van der Waals surface area contributed by atoms with Crippen molar-refractivity contribution in [2.75, 3.05) is 0 Å². The van der Waals surface area contributed by atoms with E-state index in [0.29, 0.717) is 10.6 Å². The molecule has 2 rings (SSSR count). The zero-order valence-corrected chi connectivity index (χ0v) is 18.2. The molecule has 0 bridgehead atoms. The van der Waals surface area contributed by atoms with Crippen LogP contribution in [0.3, 0.4) is 0 Å². The lowest BCUT2D eigenvalue weighted by Gasteiger charge is -2.30. The fraction of sp³-hybridized carbons (Fsp3) is 0.364. The topological polar surface area (TPSA) is 49.4 Å². The number of rotatable bonds is 8. The number of nitrogens with one attached hydrogen (secondary N) is 1. The summed E-state index contributed by atoms with van der Waals surface area (Å²) in [6.07, 6.45) is 0.513. The van der Waals surface area contributed by atoms with Gasteiger partial charge in [-0.1, -0.05) is 54.4 Å². The van der Waals surface area contributed by atoms with Crippen molar-refractivity contribution in [1.29, 1.82) is 0 Å². The second-order valence-corrected chi connectivity index (χ2v) is 7.80. The fourth-order valence-electron chi connectivity index (χ4n) is 2.81. The highest BCUT2D eigenvalue weighted by Crippen LogP contribution is 2.23. The van der Waals surface area contributed by atoms with Gasteiger partial charge in [0, 0.05) is 28.2 Å². The lowest BCUT2D eigenvalue weighted by molar-refractivity contribution is -0.140. The maximum Gasteiger partial charge on any atom is 0.242 e. The van der Waals surface area contributed by atoms with Crippen LogP contribution in [0.25, 0.3) is 0 Å². The zero-order valence-electron chi connectivity index (χ0n) is 16.7. The molecule has 0 aliphatic heterocycles. The fourth-order valence-corrected chi connectivity index (χ4v) is 3.24. The van der Waals surface area contributed by atoms with Gasteiger partial charge in [-0.05, 0) is 44.0 Å². The van der Waals surface area contributed by atoms with Crippen LogP contribution >= 0.6 is 23.2 Å². The highest BCUT2D eigenvalue weighted by Gasteiger charge is 2.28. The van der Waals surface area contributed by atoms with Crippen LogP contribution in [0.4, 0.5) is 4.39 Å². The number of halogens is 3. The zero-order chi connectivity index (χ0) is 21.6. The highest BCUT2D eigenvalue weighted by atomic mass is 35.5. The Balaban J connectivity index is 2.31. The van der Waals surface area contributed by atoms with Gasteiger partial charge in [0.2, 0.25) is 11.8 Å². The van der Waals surface area contributed by atoms with Crippen LogP contribution in [0.5, 0.6) is 0 Å². The van der Waals surface area contributed by atoms with Crippen molar-refractivity contribution in [3.63, 3.8) is 0 Å². The van der Waals surface area contributed by atoms with Crippen LogP contribution in [0, 0.1) is 5.82 Å². The van der Waals surface area contributed by atoms with Gasteiger partial charge in [0.15, 0.2) is 0 Å². The molecule has 0 heterocycles. The van der Waals surface area contributed by atoms with Crippen molar-refractivity contribution >= 4 is 35.0 Å². The van der Waals surface area contributed by atoms with Gasteiger partial charge in [-0.3, -0.25) is 9.59 Å². The first-order chi connectivity index (χ1) is 13.7. The van der Waals surface area contributed by atoms with Crippen molar-refractivity contribution in [2.24, 2.45) is 0 Å². The molecule has 2 amide bonds. The van der Waals surface area contributed by atoms with Crippen molar-refractivity contribution in [2.45, 2.75) is 52.2 Å². The van der Waals surface area contributed by atoms with Gasteiger partial charge in [-0.25, -0.2) is 4.39 Å². The Bertz CT molecular complexity index is 855. The maximum absolute atomic E-state index is 14.2. The van der Waals surface area contributed by atoms with Gasteiger partial charge in [0.05, 0.1) is 6.42 Å². The molecule has 0 saturated heterocycles. The molecule has 0 radical (unpaired) electrons. The smallest absolute Gasteiger partial charge is 0.242 e. The van der Waals surface area contributed by atoms with Crippen molar-refractivity contribution in [3.05, 3.63) is 69.5 Å². The quantitative estimate of drug-likeness (QED) is 0.629. The minimum atomic E-state index is -0.765. The number of amides is 2. The van der Waals surface area contributed by atoms with Gasteiger partial charge >= 0.3 is 0 Å². The average molecular weight is 439 g/mol. The summed E-state index contributed by atoms with van der Waals surface area (Å²) in [6.45, 7) is 5.63. The molecule has 7 heteroatoms. The Morgan fingerprint density at radius 3 is 2.34 bits per heavy atom. The molecule has 29 heavy (non-hydrogen) atoms. The van der Waals surface area contributed by atoms with Gasteiger partial charge < -0.3 is 10.2 Å². The summed E-state index contributed by atoms with van der Waals surface area (Å²) in [5, 5.41) is 3.55. The first-order valence-corrected chi connectivity index (χ1v) is 10.3. The van der Waals surface area contributed by atoms with E-state index in [-0.39, 0.29) is 35.5 Å². The van der Waals surface area contributed by atoms with Crippen LogP contribution in [-0.2, 0) is 22.6 Å². The van der Waals surface area contributed by atoms with E-state index in [9.17, 15) is 14.0 Å². The Morgan fingerprint density at radius 2 is 1.72 bits per heavy atom. The predicted molar refractivity (Wildman–Crippen MR) is 114 cm³/mol. The Morgan fingerprint density at radius 1 is 1.07 bits per heavy atom. The van der Waals surface area contributed by atoms with E-state index in [1.54, 1.807) is 25.1 Å². The van der Waals surface area contributed by atoms with Crippen LogP contribution in [-0.4, -0.2) is 28.8 Å². The Kier molecular flexibility index (Phi) is 8.47. The normalized spacial score (nSPS) is 12.9. The summed E-state index contributed by atoms with van der Waals surface area (Å²) in [7, 11) is 0. The summed E-state index contributed by atoms with van der Waals surface area (Å²) in [5.74, 6) is -1.25. The molecule has 156 valence electrons. The van der Waals surface area contributed by atoms with Gasteiger partial charge in [0.1, 0.15) is 11.9 Å². The molecule has 2 atom stereocenters. The summed E-state index contributed by atoms with van der Waals surface area (Å²) in [6, 6.07) is 10.6. The summed E-state index contributed by atoms with van der Waals surface area (Å²) in [5.41, 5.74) is 0.809. The number of carbonyl (C=O) groups is 2. The van der Waals surface area contributed by atoms with Crippen LogP contribution in [0.2, 0.25) is 10.0 Å². The monoisotopic (exact) mass is 438 g/mol. The lowest BCUT2D eigenvalue weighted by atomic mass is 10.1. The molecular formula is C22H25Cl2FN2O2.